The van der Waals surface area contributed by atoms with E-state index in [2.05, 4.69) is 36.3 Å². The Hall–Kier alpha value is -0.670. The predicted octanol–water partition coefficient (Wildman–Crippen LogP) is 3.12. The lowest BCUT2D eigenvalue weighted by Crippen LogP contribution is -2.24. The molecule has 1 saturated heterocycles. The molecule has 2 unspecified atom stereocenters. The number of ether oxygens (including phenoxy) is 1. The van der Waals surface area contributed by atoms with Crippen LogP contribution in [0.2, 0.25) is 0 Å². The smallest absolute Gasteiger partial charge is 0.122 e. The van der Waals surface area contributed by atoms with Crippen molar-refractivity contribution in [2.45, 2.75) is 31.1 Å². The lowest BCUT2D eigenvalue weighted by atomic mass is 10.0. The van der Waals surface area contributed by atoms with Gasteiger partial charge in [-0.1, -0.05) is 12.1 Å². The minimum Gasteiger partial charge on any atom is -0.493 e. The molecule has 1 aromatic rings. The summed E-state index contributed by atoms with van der Waals surface area (Å²) in [5, 5.41) is 0.818. The van der Waals surface area contributed by atoms with E-state index in [1.807, 2.05) is 11.8 Å². The molecule has 2 nitrogen and oxygen atoms in total. The number of likely N-dealkylation sites (tertiary alicyclic amines) is 1. The van der Waals surface area contributed by atoms with Gasteiger partial charge in [0.15, 0.2) is 0 Å². The topological polar surface area (TPSA) is 12.5 Å². The number of rotatable bonds is 3. The van der Waals surface area contributed by atoms with Crippen LogP contribution < -0.4 is 4.74 Å². The van der Waals surface area contributed by atoms with Crippen LogP contribution in [-0.4, -0.2) is 36.1 Å². The van der Waals surface area contributed by atoms with Crippen molar-refractivity contribution < 1.29 is 4.74 Å². The van der Waals surface area contributed by atoms with Crippen LogP contribution in [0.3, 0.4) is 0 Å². The van der Waals surface area contributed by atoms with Gasteiger partial charge in [-0.2, -0.15) is 11.8 Å². The third kappa shape index (κ3) is 2.26. The average Bonchev–Trinajstić information content (AvgIpc) is 3.05. The van der Waals surface area contributed by atoms with Crippen molar-refractivity contribution in [3.05, 3.63) is 29.3 Å². The summed E-state index contributed by atoms with van der Waals surface area (Å²) in [6.45, 7) is 5.62. The fourth-order valence-corrected chi connectivity index (χ4v) is 3.63. The predicted molar refractivity (Wildman–Crippen MR) is 77.5 cm³/mol. The van der Waals surface area contributed by atoms with E-state index in [9.17, 15) is 0 Å². The molecule has 98 valence electrons. The fourth-order valence-electron chi connectivity index (χ4n) is 2.95. The maximum Gasteiger partial charge on any atom is 0.122 e. The Balaban J connectivity index is 1.74. The van der Waals surface area contributed by atoms with Crippen LogP contribution in [-0.2, 0) is 6.42 Å². The molecule has 0 aliphatic carbocycles. The number of hydrogen-bond acceptors (Lipinski definition) is 3. The molecule has 0 N–H and O–H groups in total. The minimum atomic E-state index is 0.511. The summed E-state index contributed by atoms with van der Waals surface area (Å²) < 4.78 is 5.67. The average molecular weight is 263 g/mol. The molecule has 1 fully saturated rings. The maximum absolute atomic E-state index is 5.67. The first-order valence-electron chi connectivity index (χ1n) is 6.80. The summed E-state index contributed by atoms with van der Waals surface area (Å²) in [6.07, 6.45) is 4.62. The second-order valence-electron chi connectivity index (χ2n) is 5.28. The Bertz CT molecular complexity index is 435. The molecule has 2 heterocycles. The van der Waals surface area contributed by atoms with Crippen LogP contribution in [0.5, 0.6) is 5.75 Å². The molecule has 3 heteroatoms. The van der Waals surface area contributed by atoms with E-state index >= 15 is 0 Å². The van der Waals surface area contributed by atoms with Gasteiger partial charge < -0.3 is 4.74 Å². The lowest BCUT2D eigenvalue weighted by Gasteiger charge is -2.25. The van der Waals surface area contributed by atoms with Gasteiger partial charge in [-0.05, 0) is 43.3 Å². The third-order valence-corrected chi connectivity index (χ3v) is 5.31. The first kappa shape index (κ1) is 12.4. The highest BCUT2D eigenvalue weighted by Crippen LogP contribution is 2.33. The molecule has 2 atom stereocenters. The van der Waals surface area contributed by atoms with Gasteiger partial charge in [0.25, 0.3) is 0 Å². The van der Waals surface area contributed by atoms with Gasteiger partial charge in [0.2, 0.25) is 0 Å². The number of thioether (sulfide) groups is 1. The summed E-state index contributed by atoms with van der Waals surface area (Å²) in [5.41, 5.74) is 2.77. The van der Waals surface area contributed by atoms with E-state index in [0.717, 1.165) is 24.0 Å². The van der Waals surface area contributed by atoms with Crippen molar-refractivity contribution in [2.24, 2.45) is 0 Å². The number of benzene rings is 1. The van der Waals surface area contributed by atoms with E-state index in [1.165, 1.54) is 30.6 Å². The van der Waals surface area contributed by atoms with Crippen molar-refractivity contribution in [2.75, 3.05) is 26.0 Å². The molecule has 0 aromatic heterocycles. The summed E-state index contributed by atoms with van der Waals surface area (Å²) >= 11 is 2.00. The normalized spacial score (nSPS) is 24.9. The van der Waals surface area contributed by atoms with Gasteiger partial charge in [-0.25, -0.2) is 0 Å². The zero-order valence-corrected chi connectivity index (χ0v) is 12.0. The van der Waals surface area contributed by atoms with E-state index in [1.54, 1.807) is 0 Å². The van der Waals surface area contributed by atoms with Crippen LogP contribution in [0.1, 0.15) is 30.5 Å². The molecule has 0 saturated carbocycles. The zero-order chi connectivity index (χ0) is 12.5. The third-order valence-electron chi connectivity index (χ3n) is 4.26. The van der Waals surface area contributed by atoms with Crippen LogP contribution in [0.15, 0.2) is 18.2 Å². The molecule has 0 amide bonds. The Morgan fingerprint density at radius 3 is 3.11 bits per heavy atom. The largest absolute Gasteiger partial charge is 0.493 e. The van der Waals surface area contributed by atoms with Gasteiger partial charge in [0, 0.05) is 24.3 Å². The molecule has 2 aliphatic rings. The monoisotopic (exact) mass is 263 g/mol. The molecule has 0 bridgehead atoms. The molecule has 0 spiro atoms. The SMILES string of the molecule is CSC1CCN(C(C)c2ccc3c(c2)OCC3)C1. The zero-order valence-electron chi connectivity index (χ0n) is 11.2. The Labute approximate surface area is 114 Å². The van der Waals surface area contributed by atoms with Crippen molar-refractivity contribution in [1.29, 1.82) is 0 Å². The molecule has 2 aliphatic heterocycles. The molecule has 3 rings (SSSR count). The summed E-state index contributed by atoms with van der Waals surface area (Å²) in [7, 11) is 0. The molecule has 18 heavy (non-hydrogen) atoms. The summed E-state index contributed by atoms with van der Waals surface area (Å²) in [5.74, 6) is 1.11. The number of hydrogen-bond donors (Lipinski definition) is 0. The van der Waals surface area contributed by atoms with Gasteiger partial charge in [-0.15, -0.1) is 0 Å². The van der Waals surface area contributed by atoms with E-state index in [0.29, 0.717) is 6.04 Å². The van der Waals surface area contributed by atoms with Crippen molar-refractivity contribution in [3.8, 4) is 5.75 Å². The van der Waals surface area contributed by atoms with Gasteiger partial charge >= 0.3 is 0 Å². The summed E-state index contributed by atoms with van der Waals surface area (Å²) in [4.78, 5) is 2.60. The number of fused-ring (bicyclic) bond motifs is 1. The van der Waals surface area contributed by atoms with E-state index in [-0.39, 0.29) is 0 Å². The fraction of sp³-hybridized carbons (Fsp3) is 0.600. The van der Waals surface area contributed by atoms with Crippen LogP contribution in [0.25, 0.3) is 0 Å². The Kier molecular flexibility index (Phi) is 3.53. The van der Waals surface area contributed by atoms with E-state index < -0.39 is 0 Å². The van der Waals surface area contributed by atoms with Crippen molar-refractivity contribution in [3.63, 3.8) is 0 Å². The quantitative estimate of drug-likeness (QED) is 0.831. The first-order valence-corrected chi connectivity index (χ1v) is 8.09. The standard InChI is InChI=1S/C15H21NOS/c1-11(16-7-5-14(10-16)18-2)13-4-3-12-6-8-17-15(12)9-13/h3-4,9,11,14H,5-8,10H2,1-2H3. The van der Waals surface area contributed by atoms with Gasteiger partial charge in [0.05, 0.1) is 6.61 Å². The molecule has 1 aromatic carbocycles. The summed E-state index contributed by atoms with van der Waals surface area (Å²) in [6, 6.07) is 7.29. The van der Waals surface area contributed by atoms with Crippen molar-refractivity contribution in [1.82, 2.24) is 4.90 Å². The molecular formula is C15H21NOS. The highest BCUT2D eigenvalue weighted by molar-refractivity contribution is 7.99. The molecule has 0 radical (unpaired) electrons. The second kappa shape index (κ2) is 5.14. The highest BCUT2D eigenvalue weighted by Gasteiger charge is 2.26. The maximum atomic E-state index is 5.67. The minimum absolute atomic E-state index is 0.511. The first-order chi connectivity index (χ1) is 8.78. The Morgan fingerprint density at radius 1 is 1.44 bits per heavy atom. The van der Waals surface area contributed by atoms with Crippen molar-refractivity contribution >= 4 is 11.8 Å². The lowest BCUT2D eigenvalue weighted by molar-refractivity contribution is 0.263. The van der Waals surface area contributed by atoms with Gasteiger partial charge in [-0.3, -0.25) is 4.90 Å². The second-order valence-corrected chi connectivity index (χ2v) is 6.42. The van der Waals surface area contributed by atoms with Gasteiger partial charge in [0.1, 0.15) is 5.75 Å². The number of nitrogens with zero attached hydrogens (tertiary/aromatic N) is 1. The van der Waals surface area contributed by atoms with E-state index in [4.69, 9.17) is 4.74 Å². The highest BCUT2D eigenvalue weighted by atomic mass is 32.2. The Morgan fingerprint density at radius 2 is 2.33 bits per heavy atom. The molecular weight excluding hydrogens is 242 g/mol. The van der Waals surface area contributed by atoms with Crippen LogP contribution in [0, 0.1) is 0 Å². The van der Waals surface area contributed by atoms with Crippen LogP contribution in [0.4, 0.5) is 0 Å². The van der Waals surface area contributed by atoms with Crippen LogP contribution >= 0.6 is 11.8 Å².